The van der Waals surface area contributed by atoms with E-state index in [2.05, 4.69) is 20.4 Å². The van der Waals surface area contributed by atoms with Crippen molar-refractivity contribution in [2.75, 3.05) is 7.11 Å². The molecule has 3 aromatic heterocycles. The number of hydrogen-bond donors (Lipinski definition) is 1. The predicted molar refractivity (Wildman–Crippen MR) is 134 cm³/mol. The van der Waals surface area contributed by atoms with Crippen LogP contribution in [0.1, 0.15) is 18.5 Å². The lowest BCUT2D eigenvalue weighted by atomic mass is 10.1. The van der Waals surface area contributed by atoms with Gasteiger partial charge in [0.05, 0.1) is 24.2 Å². The minimum atomic E-state index is -0.356. The second-order valence-electron chi connectivity index (χ2n) is 8.20. The number of carbonyl (C=O) groups excluding carboxylic acids is 1. The van der Waals surface area contributed by atoms with Crippen molar-refractivity contribution in [2.45, 2.75) is 19.5 Å². The summed E-state index contributed by atoms with van der Waals surface area (Å²) in [6.07, 6.45) is 1.64. The number of ether oxygens (including phenoxy) is 1. The molecule has 0 aliphatic heterocycles. The number of nitrogens with zero attached hydrogens (tertiary/aromatic N) is 4. The van der Waals surface area contributed by atoms with Crippen molar-refractivity contribution in [2.24, 2.45) is 0 Å². The van der Waals surface area contributed by atoms with E-state index >= 15 is 0 Å². The fourth-order valence-corrected chi connectivity index (χ4v) is 4.03. The van der Waals surface area contributed by atoms with Crippen LogP contribution in [0.4, 0.5) is 0 Å². The molecule has 9 nitrogen and oxygen atoms in total. The summed E-state index contributed by atoms with van der Waals surface area (Å²) in [4.78, 5) is 34.7. The second kappa shape index (κ2) is 9.83. The summed E-state index contributed by atoms with van der Waals surface area (Å²) in [7, 11) is 1.59. The smallest absolute Gasteiger partial charge is 0.259 e. The van der Waals surface area contributed by atoms with Gasteiger partial charge in [-0.15, -0.1) is 0 Å². The summed E-state index contributed by atoms with van der Waals surface area (Å²) in [6.45, 7) is 1.74. The van der Waals surface area contributed by atoms with E-state index in [0.29, 0.717) is 33.7 Å². The number of methoxy groups -OCH3 is 1. The van der Waals surface area contributed by atoms with Crippen molar-refractivity contribution in [3.8, 4) is 28.7 Å². The Morgan fingerprint density at radius 3 is 2.72 bits per heavy atom. The van der Waals surface area contributed by atoms with E-state index in [1.54, 1.807) is 31.5 Å². The lowest BCUT2D eigenvalue weighted by molar-refractivity contribution is -0.122. The maximum atomic E-state index is 13.1. The highest BCUT2D eigenvalue weighted by Gasteiger charge is 2.19. The van der Waals surface area contributed by atoms with Crippen LogP contribution in [0.5, 0.6) is 5.75 Å². The lowest BCUT2D eigenvalue weighted by Gasteiger charge is -2.17. The highest BCUT2D eigenvalue weighted by atomic mass is 16.5. The van der Waals surface area contributed by atoms with Crippen molar-refractivity contribution < 1.29 is 14.1 Å². The van der Waals surface area contributed by atoms with Gasteiger partial charge in [0, 0.05) is 17.6 Å². The van der Waals surface area contributed by atoms with Crippen LogP contribution in [0, 0.1) is 0 Å². The SMILES string of the molecule is COc1cccc(C(C)NC(=O)Cn2c(=O)cc(-c3nc(-c4ccccn4)no3)c3ccccc32)c1. The number of pyridine rings is 2. The third-order valence-corrected chi connectivity index (χ3v) is 5.84. The van der Waals surface area contributed by atoms with Crippen molar-refractivity contribution in [3.63, 3.8) is 0 Å². The van der Waals surface area contributed by atoms with Gasteiger partial charge >= 0.3 is 0 Å². The normalized spacial score (nSPS) is 11.8. The van der Waals surface area contributed by atoms with Gasteiger partial charge < -0.3 is 14.6 Å². The topological polar surface area (TPSA) is 112 Å². The van der Waals surface area contributed by atoms with Gasteiger partial charge in [-0.05, 0) is 42.8 Å². The minimum absolute atomic E-state index is 0.142. The first-order valence-corrected chi connectivity index (χ1v) is 11.3. The van der Waals surface area contributed by atoms with Gasteiger partial charge in [-0.25, -0.2) is 0 Å². The quantitative estimate of drug-likeness (QED) is 0.374. The lowest BCUT2D eigenvalue weighted by Crippen LogP contribution is -2.34. The van der Waals surface area contributed by atoms with Gasteiger partial charge in [-0.3, -0.25) is 19.1 Å². The Balaban J connectivity index is 1.44. The first-order valence-electron chi connectivity index (χ1n) is 11.3. The zero-order valence-electron chi connectivity index (χ0n) is 19.7. The first-order chi connectivity index (χ1) is 17.5. The largest absolute Gasteiger partial charge is 0.497 e. The summed E-state index contributed by atoms with van der Waals surface area (Å²) in [5.41, 5.74) is 2.18. The molecule has 1 amide bonds. The molecule has 180 valence electrons. The van der Waals surface area contributed by atoms with Crippen molar-refractivity contribution in [1.29, 1.82) is 0 Å². The average molecular weight is 482 g/mol. The van der Waals surface area contributed by atoms with E-state index in [0.717, 1.165) is 5.56 Å². The molecule has 0 aliphatic rings. The van der Waals surface area contributed by atoms with E-state index in [-0.39, 0.29) is 29.9 Å². The number of fused-ring (bicyclic) bond motifs is 1. The number of amides is 1. The molecule has 1 unspecified atom stereocenters. The van der Waals surface area contributed by atoms with Crippen molar-refractivity contribution in [3.05, 3.63) is 94.9 Å². The molecule has 0 aliphatic carbocycles. The Hall–Kier alpha value is -4.79. The van der Waals surface area contributed by atoms with Crippen molar-refractivity contribution >= 4 is 16.8 Å². The van der Waals surface area contributed by atoms with Gasteiger partial charge in [0.2, 0.25) is 11.7 Å². The molecular formula is C27H23N5O4. The summed E-state index contributed by atoms with van der Waals surface area (Å²) in [6, 6.07) is 21.3. The van der Waals surface area contributed by atoms with Crippen LogP contribution in [0.15, 0.2) is 88.3 Å². The Morgan fingerprint density at radius 2 is 1.92 bits per heavy atom. The van der Waals surface area contributed by atoms with E-state index in [1.165, 1.54) is 10.6 Å². The highest BCUT2D eigenvalue weighted by Crippen LogP contribution is 2.27. The van der Waals surface area contributed by atoms with E-state index < -0.39 is 0 Å². The van der Waals surface area contributed by atoms with Crippen LogP contribution in [-0.2, 0) is 11.3 Å². The molecule has 3 heterocycles. The van der Waals surface area contributed by atoms with Gasteiger partial charge in [-0.2, -0.15) is 4.98 Å². The highest BCUT2D eigenvalue weighted by molar-refractivity contribution is 5.93. The molecule has 5 aromatic rings. The molecular weight excluding hydrogens is 458 g/mol. The van der Waals surface area contributed by atoms with Crippen LogP contribution in [0.2, 0.25) is 0 Å². The minimum Gasteiger partial charge on any atom is -0.497 e. The third-order valence-electron chi connectivity index (χ3n) is 5.84. The molecule has 1 atom stereocenters. The molecule has 0 saturated carbocycles. The number of para-hydroxylation sites is 1. The van der Waals surface area contributed by atoms with Crippen LogP contribution in [-0.4, -0.2) is 32.7 Å². The first kappa shape index (κ1) is 23.0. The van der Waals surface area contributed by atoms with E-state index in [9.17, 15) is 9.59 Å². The second-order valence-corrected chi connectivity index (χ2v) is 8.20. The van der Waals surface area contributed by atoms with Gasteiger partial charge in [0.15, 0.2) is 0 Å². The Labute approximate surface area is 206 Å². The molecule has 0 bridgehead atoms. The maximum Gasteiger partial charge on any atom is 0.259 e. The number of benzene rings is 2. The van der Waals surface area contributed by atoms with Gasteiger partial charge in [0.1, 0.15) is 18.0 Å². The molecule has 0 radical (unpaired) electrons. The average Bonchev–Trinajstić information content (AvgIpc) is 3.41. The Morgan fingerprint density at radius 1 is 1.08 bits per heavy atom. The molecule has 9 heteroatoms. The predicted octanol–water partition coefficient (Wildman–Crippen LogP) is 4.00. The Kier molecular flexibility index (Phi) is 6.27. The van der Waals surface area contributed by atoms with Crippen LogP contribution in [0.25, 0.3) is 33.9 Å². The van der Waals surface area contributed by atoms with Crippen LogP contribution < -0.4 is 15.6 Å². The fourth-order valence-electron chi connectivity index (χ4n) is 4.03. The maximum absolute atomic E-state index is 13.1. The molecule has 36 heavy (non-hydrogen) atoms. The number of aromatic nitrogens is 4. The molecule has 0 fully saturated rings. The van der Waals surface area contributed by atoms with Crippen molar-refractivity contribution in [1.82, 2.24) is 25.0 Å². The van der Waals surface area contributed by atoms with Gasteiger partial charge in [0.25, 0.3) is 11.4 Å². The summed E-state index contributed by atoms with van der Waals surface area (Å²) >= 11 is 0. The monoisotopic (exact) mass is 481 g/mol. The number of hydrogen-bond acceptors (Lipinski definition) is 7. The molecule has 1 N–H and O–H groups in total. The van der Waals surface area contributed by atoms with E-state index in [4.69, 9.17) is 9.26 Å². The van der Waals surface area contributed by atoms with E-state index in [1.807, 2.05) is 55.5 Å². The van der Waals surface area contributed by atoms with Crippen LogP contribution >= 0.6 is 0 Å². The zero-order valence-corrected chi connectivity index (χ0v) is 19.7. The molecule has 5 rings (SSSR count). The van der Waals surface area contributed by atoms with Gasteiger partial charge in [-0.1, -0.05) is 41.6 Å². The number of nitrogens with one attached hydrogen (secondary N) is 1. The molecule has 0 spiro atoms. The number of carbonyl (C=O) groups is 1. The number of rotatable bonds is 7. The third kappa shape index (κ3) is 4.58. The molecule has 0 saturated heterocycles. The molecule has 2 aromatic carbocycles. The zero-order chi connectivity index (χ0) is 25.1. The Bertz CT molecular complexity index is 1590. The standard InChI is InChI=1S/C27H23N5O4/c1-17(18-8-7-9-19(14-18)35-2)29-24(33)16-32-23-12-4-3-10-20(23)21(15-25(32)34)27-30-26(31-36-27)22-11-5-6-13-28-22/h3-15,17H,16H2,1-2H3,(H,29,33). The fraction of sp³-hybridized carbons (Fsp3) is 0.148. The summed E-state index contributed by atoms with van der Waals surface area (Å²) in [5.74, 6) is 0.941. The van der Waals surface area contributed by atoms with Crippen LogP contribution in [0.3, 0.4) is 0 Å². The summed E-state index contributed by atoms with van der Waals surface area (Å²) in [5, 5.41) is 7.68. The summed E-state index contributed by atoms with van der Waals surface area (Å²) < 4.78 is 12.2.